The summed E-state index contributed by atoms with van der Waals surface area (Å²) in [5.41, 5.74) is 0. The second-order valence-corrected chi connectivity index (χ2v) is 4.46. The first-order chi connectivity index (χ1) is 4.52. The standard InChI is InChI=1S/C7H10Cl2O/c1-5-2-3-6(10)7(8,9)4-5/h5H,2-4H2,1H3/t5-/m1/s1. The number of rotatable bonds is 0. The van der Waals surface area contributed by atoms with Crippen LogP contribution in [0.1, 0.15) is 26.2 Å². The Kier molecular flexibility index (Phi) is 2.26. The summed E-state index contributed by atoms with van der Waals surface area (Å²) >= 11 is 11.5. The Morgan fingerprint density at radius 3 is 2.60 bits per heavy atom. The molecule has 0 N–H and O–H groups in total. The molecule has 58 valence electrons. The van der Waals surface area contributed by atoms with Crippen LogP contribution in [0.15, 0.2) is 0 Å². The SMILES string of the molecule is C[C@@H]1CCC(=O)C(Cl)(Cl)C1. The molecule has 0 heterocycles. The normalized spacial score (nSPS) is 32.3. The maximum absolute atomic E-state index is 11.0. The zero-order valence-corrected chi connectivity index (χ0v) is 7.37. The van der Waals surface area contributed by atoms with Crippen LogP contribution in [-0.4, -0.2) is 10.1 Å². The van der Waals surface area contributed by atoms with E-state index in [1.807, 2.05) is 0 Å². The third-order valence-electron chi connectivity index (χ3n) is 1.88. The molecule has 3 heteroatoms. The van der Waals surface area contributed by atoms with Crippen molar-refractivity contribution in [3.8, 4) is 0 Å². The van der Waals surface area contributed by atoms with Gasteiger partial charge in [-0.15, -0.1) is 0 Å². The number of ketones is 1. The fraction of sp³-hybridized carbons (Fsp3) is 0.857. The van der Waals surface area contributed by atoms with Crippen LogP contribution >= 0.6 is 23.2 Å². The summed E-state index contributed by atoms with van der Waals surface area (Å²) in [6.07, 6.45) is 2.07. The van der Waals surface area contributed by atoms with E-state index >= 15 is 0 Å². The Morgan fingerprint density at radius 2 is 2.20 bits per heavy atom. The summed E-state index contributed by atoms with van der Waals surface area (Å²) in [6, 6.07) is 0. The maximum Gasteiger partial charge on any atom is 0.176 e. The van der Waals surface area contributed by atoms with Gasteiger partial charge in [-0.05, 0) is 18.8 Å². The lowest BCUT2D eigenvalue weighted by Crippen LogP contribution is -2.32. The number of carbonyl (C=O) groups excluding carboxylic acids is 1. The molecule has 0 radical (unpaired) electrons. The van der Waals surface area contributed by atoms with Gasteiger partial charge in [-0.25, -0.2) is 0 Å². The van der Waals surface area contributed by atoms with Crippen molar-refractivity contribution in [2.75, 3.05) is 0 Å². The molecule has 0 unspecified atom stereocenters. The highest BCUT2D eigenvalue weighted by Gasteiger charge is 2.38. The van der Waals surface area contributed by atoms with Crippen molar-refractivity contribution >= 4 is 29.0 Å². The summed E-state index contributed by atoms with van der Waals surface area (Å²) in [5, 5.41) is 0. The van der Waals surface area contributed by atoms with Gasteiger partial charge >= 0.3 is 0 Å². The average Bonchev–Trinajstić information content (AvgIpc) is 1.78. The lowest BCUT2D eigenvalue weighted by Gasteiger charge is -2.27. The fourth-order valence-electron chi connectivity index (χ4n) is 1.21. The summed E-state index contributed by atoms with van der Waals surface area (Å²) in [6.45, 7) is 2.06. The first kappa shape index (κ1) is 8.35. The number of halogens is 2. The van der Waals surface area contributed by atoms with Crippen molar-refractivity contribution in [1.82, 2.24) is 0 Å². The number of alkyl halides is 2. The molecule has 1 aliphatic carbocycles. The van der Waals surface area contributed by atoms with Gasteiger partial charge in [-0.2, -0.15) is 0 Å². The summed E-state index contributed by atoms with van der Waals surface area (Å²) < 4.78 is -1.09. The van der Waals surface area contributed by atoms with E-state index in [-0.39, 0.29) is 5.78 Å². The highest BCUT2D eigenvalue weighted by Crippen LogP contribution is 2.37. The molecule has 1 saturated carbocycles. The lowest BCUT2D eigenvalue weighted by atomic mass is 9.89. The van der Waals surface area contributed by atoms with Crippen LogP contribution < -0.4 is 0 Å². The Bertz CT molecular complexity index is 154. The van der Waals surface area contributed by atoms with E-state index in [1.165, 1.54) is 0 Å². The fourth-order valence-corrected chi connectivity index (χ4v) is 1.93. The Morgan fingerprint density at radius 1 is 1.60 bits per heavy atom. The van der Waals surface area contributed by atoms with Gasteiger partial charge in [0.15, 0.2) is 10.1 Å². The van der Waals surface area contributed by atoms with E-state index in [0.717, 1.165) is 6.42 Å². The highest BCUT2D eigenvalue weighted by molar-refractivity contribution is 6.58. The summed E-state index contributed by atoms with van der Waals surface area (Å²) in [4.78, 5) is 11.0. The molecule has 0 aromatic rings. The maximum atomic E-state index is 11.0. The number of Topliss-reactive ketones (excluding diaryl/α,β-unsaturated/α-hetero) is 1. The van der Waals surface area contributed by atoms with Gasteiger partial charge in [-0.3, -0.25) is 4.79 Å². The molecule has 0 aromatic heterocycles. The van der Waals surface area contributed by atoms with E-state index in [1.54, 1.807) is 0 Å². The molecule has 1 atom stereocenters. The third-order valence-corrected chi connectivity index (χ3v) is 2.61. The molecular formula is C7H10Cl2O. The van der Waals surface area contributed by atoms with Crippen molar-refractivity contribution in [1.29, 1.82) is 0 Å². The minimum absolute atomic E-state index is 0.0195. The molecule has 0 aromatic carbocycles. The quantitative estimate of drug-likeness (QED) is 0.525. The number of hydrogen-bond acceptors (Lipinski definition) is 1. The molecule has 1 nitrogen and oxygen atoms in total. The summed E-state index contributed by atoms with van der Waals surface area (Å²) in [7, 11) is 0. The second-order valence-electron chi connectivity index (χ2n) is 2.98. The zero-order valence-electron chi connectivity index (χ0n) is 5.86. The van der Waals surface area contributed by atoms with Gasteiger partial charge in [0.25, 0.3) is 0 Å². The predicted octanol–water partition coefficient (Wildman–Crippen LogP) is 2.55. The Labute approximate surface area is 70.7 Å². The van der Waals surface area contributed by atoms with Gasteiger partial charge in [0.1, 0.15) is 0 Å². The zero-order chi connectivity index (χ0) is 7.78. The number of carbonyl (C=O) groups is 1. The smallest absolute Gasteiger partial charge is 0.176 e. The van der Waals surface area contributed by atoms with Gasteiger partial charge < -0.3 is 0 Å². The van der Waals surface area contributed by atoms with Crippen LogP contribution in [0.3, 0.4) is 0 Å². The van der Waals surface area contributed by atoms with Crippen molar-refractivity contribution in [3.63, 3.8) is 0 Å². The van der Waals surface area contributed by atoms with Crippen molar-refractivity contribution < 1.29 is 4.79 Å². The predicted molar refractivity (Wildman–Crippen MR) is 42.5 cm³/mol. The Hall–Kier alpha value is 0.250. The van der Waals surface area contributed by atoms with Gasteiger partial charge in [0, 0.05) is 6.42 Å². The molecule has 1 fully saturated rings. The molecule has 0 bridgehead atoms. The van der Waals surface area contributed by atoms with Crippen LogP contribution in [0.2, 0.25) is 0 Å². The molecule has 10 heavy (non-hydrogen) atoms. The van der Waals surface area contributed by atoms with E-state index in [2.05, 4.69) is 6.92 Å². The lowest BCUT2D eigenvalue weighted by molar-refractivity contribution is -0.121. The van der Waals surface area contributed by atoms with E-state index in [0.29, 0.717) is 18.8 Å². The molecule has 1 rings (SSSR count). The minimum atomic E-state index is -1.09. The molecule has 1 aliphatic rings. The Balaban J connectivity index is 2.63. The van der Waals surface area contributed by atoms with Crippen LogP contribution in [0.4, 0.5) is 0 Å². The summed E-state index contributed by atoms with van der Waals surface area (Å²) in [5.74, 6) is 0.460. The largest absolute Gasteiger partial charge is 0.296 e. The van der Waals surface area contributed by atoms with E-state index in [9.17, 15) is 4.79 Å². The first-order valence-electron chi connectivity index (χ1n) is 3.43. The van der Waals surface area contributed by atoms with Gasteiger partial charge in [0.2, 0.25) is 0 Å². The van der Waals surface area contributed by atoms with E-state index < -0.39 is 4.33 Å². The first-order valence-corrected chi connectivity index (χ1v) is 4.19. The second kappa shape index (κ2) is 2.71. The van der Waals surface area contributed by atoms with Crippen LogP contribution in [0, 0.1) is 5.92 Å². The minimum Gasteiger partial charge on any atom is -0.296 e. The van der Waals surface area contributed by atoms with Crippen LogP contribution in [0.25, 0.3) is 0 Å². The monoisotopic (exact) mass is 180 g/mol. The third kappa shape index (κ3) is 1.64. The van der Waals surface area contributed by atoms with Crippen molar-refractivity contribution in [3.05, 3.63) is 0 Å². The van der Waals surface area contributed by atoms with Crippen molar-refractivity contribution in [2.45, 2.75) is 30.5 Å². The van der Waals surface area contributed by atoms with Gasteiger partial charge in [-0.1, -0.05) is 30.1 Å². The highest BCUT2D eigenvalue weighted by atomic mass is 35.5. The van der Waals surface area contributed by atoms with Crippen LogP contribution in [-0.2, 0) is 4.79 Å². The molecule has 0 amide bonds. The van der Waals surface area contributed by atoms with Crippen molar-refractivity contribution in [2.24, 2.45) is 5.92 Å². The average molecular weight is 181 g/mol. The molecule has 0 aliphatic heterocycles. The van der Waals surface area contributed by atoms with Crippen LogP contribution in [0.5, 0.6) is 0 Å². The molecule has 0 saturated heterocycles. The molecule has 0 spiro atoms. The topological polar surface area (TPSA) is 17.1 Å². The van der Waals surface area contributed by atoms with E-state index in [4.69, 9.17) is 23.2 Å². The van der Waals surface area contributed by atoms with Gasteiger partial charge in [0.05, 0.1) is 0 Å². The number of hydrogen-bond donors (Lipinski definition) is 0. The molecular weight excluding hydrogens is 171 g/mol.